The van der Waals surface area contributed by atoms with E-state index in [1.807, 2.05) is 32.9 Å². The molecule has 0 spiro atoms. The number of rotatable bonds is 3. The van der Waals surface area contributed by atoms with Gasteiger partial charge >= 0.3 is 0 Å². The number of nitrogens with one attached hydrogen (secondary N) is 1. The van der Waals surface area contributed by atoms with Crippen molar-refractivity contribution in [2.75, 3.05) is 0 Å². The Labute approximate surface area is 149 Å². The summed E-state index contributed by atoms with van der Waals surface area (Å²) in [7, 11) is 0. The molecule has 7 nitrogen and oxygen atoms in total. The summed E-state index contributed by atoms with van der Waals surface area (Å²) in [5.74, 6) is 0.346. The molecule has 1 heterocycles. The number of benzene rings is 1. The fraction of sp³-hybridized carbons (Fsp3) is 0.438. The van der Waals surface area contributed by atoms with Crippen LogP contribution in [-0.4, -0.2) is 31.7 Å². The zero-order chi connectivity index (χ0) is 18.1. The van der Waals surface area contributed by atoms with E-state index in [1.165, 1.54) is 0 Å². The molecule has 24 heavy (non-hydrogen) atoms. The molecule has 0 aliphatic heterocycles. The van der Waals surface area contributed by atoms with E-state index in [0.29, 0.717) is 17.1 Å². The van der Waals surface area contributed by atoms with Crippen LogP contribution in [0.5, 0.6) is 0 Å². The first kappa shape index (κ1) is 18.1. The van der Waals surface area contributed by atoms with Crippen LogP contribution in [0.3, 0.4) is 0 Å². The fourth-order valence-corrected chi connectivity index (χ4v) is 2.52. The van der Waals surface area contributed by atoms with Crippen molar-refractivity contribution in [3.05, 3.63) is 34.1 Å². The minimum absolute atomic E-state index is 0.253. The van der Waals surface area contributed by atoms with Crippen molar-refractivity contribution in [2.24, 2.45) is 0 Å². The summed E-state index contributed by atoms with van der Waals surface area (Å²) < 4.78 is 2.33. The Morgan fingerprint density at radius 3 is 2.50 bits per heavy atom. The van der Waals surface area contributed by atoms with Crippen molar-refractivity contribution in [3.63, 3.8) is 0 Å². The molecule has 2 rings (SSSR count). The summed E-state index contributed by atoms with van der Waals surface area (Å²) in [6.45, 7) is 9.31. The summed E-state index contributed by atoms with van der Waals surface area (Å²) in [5, 5.41) is 23.6. The van der Waals surface area contributed by atoms with Crippen LogP contribution in [0.25, 0.3) is 5.69 Å². The predicted molar refractivity (Wildman–Crippen MR) is 92.7 cm³/mol. The van der Waals surface area contributed by atoms with E-state index in [-0.39, 0.29) is 11.3 Å². The molecule has 1 amide bonds. The van der Waals surface area contributed by atoms with Gasteiger partial charge in [0, 0.05) is 15.5 Å². The van der Waals surface area contributed by atoms with Gasteiger partial charge in [0.1, 0.15) is 5.54 Å². The quantitative estimate of drug-likeness (QED) is 0.868. The first-order chi connectivity index (χ1) is 11.0. The molecule has 0 aliphatic rings. The average Bonchev–Trinajstić information content (AvgIpc) is 2.95. The number of halogens is 1. The van der Waals surface area contributed by atoms with Crippen molar-refractivity contribution < 1.29 is 4.79 Å². The maximum absolute atomic E-state index is 12.4. The second kappa shape index (κ2) is 6.32. The Morgan fingerprint density at radius 1 is 1.25 bits per heavy atom. The zero-order valence-corrected chi connectivity index (χ0v) is 15.8. The molecular formula is C16H19BrN6O. The van der Waals surface area contributed by atoms with Gasteiger partial charge in [-0.15, -0.1) is 5.10 Å². The van der Waals surface area contributed by atoms with Gasteiger partial charge in [0.15, 0.2) is 5.82 Å². The lowest BCUT2D eigenvalue weighted by Gasteiger charge is -2.19. The van der Waals surface area contributed by atoms with E-state index < -0.39 is 5.54 Å². The van der Waals surface area contributed by atoms with E-state index in [0.717, 1.165) is 4.47 Å². The number of hydrogen-bond acceptors (Lipinski definition) is 5. The molecule has 0 unspecified atom stereocenters. The normalized spacial score (nSPS) is 11.9. The topological polar surface area (TPSA) is 96.5 Å². The molecule has 126 valence electrons. The van der Waals surface area contributed by atoms with Gasteiger partial charge in [-0.25, -0.2) is 0 Å². The zero-order valence-electron chi connectivity index (χ0n) is 14.3. The molecule has 0 bridgehead atoms. The number of nitriles is 1. The van der Waals surface area contributed by atoms with Gasteiger partial charge < -0.3 is 5.32 Å². The number of hydrogen-bond donors (Lipinski definition) is 1. The standard InChI is InChI=1S/C16H19BrN6O/c1-15(2,3)14-20-21-22-23(14)12-7-10(6-11(17)8-12)13(24)19-16(4,5)9-18/h6-8H,1-5H3,(H,19,24). The van der Waals surface area contributed by atoms with Crippen LogP contribution < -0.4 is 5.32 Å². The van der Waals surface area contributed by atoms with E-state index in [2.05, 4.69) is 36.8 Å². The Hall–Kier alpha value is -2.27. The highest BCUT2D eigenvalue weighted by molar-refractivity contribution is 9.10. The predicted octanol–water partition coefficient (Wildman–Crippen LogP) is 2.75. The number of tetrazole rings is 1. The van der Waals surface area contributed by atoms with E-state index >= 15 is 0 Å². The molecular weight excluding hydrogens is 372 g/mol. The van der Waals surface area contributed by atoms with Crippen molar-refractivity contribution in [3.8, 4) is 11.8 Å². The average molecular weight is 391 g/mol. The molecule has 1 aromatic carbocycles. The minimum Gasteiger partial charge on any atom is -0.334 e. The largest absolute Gasteiger partial charge is 0.334 e. The molecule has 0 saturated heterocycles. The van der Waals surface area contributed by atoms with Crippen molar-refractivity contribution in [1.29, 1.82) is 5.26 Å². The lowest BCUT2D eigenvalue weighted by molar-refractivity contribution is 0.0929. The first-order valence-electron chi connectivity index (χ1n) is 7.37. The number of nitrogens with zero attached hydrogens (tertiary/aromatic N) is 5. The second-order valence-corrected chi connectivity index (χ2v) is 7.97. The van der Waals surface area contributed by atoms with Gasteiger partial charge in [-0.3, -0.25) is 4.79 Å². The van der Waals surface area contributed by atoms with Gasteiger partial charge in [-0.1, -0.05) is 36.7 Å². The van der Waals surface area contributed by atoms with Gasteiger partial charge in [-0.2, -0.15) is 9.94 Å². The van der Waals surface area contributed by atoms with Crippen molar-refractivity contribution in [1.82, 2.24) is 25.5 Å². The van der Waals surface area contributed by atoms with Crippen LogP contribution >= 0.6 is 15.9 Å². The van der Waals surface area contributed by atoms with Gasteiger partial charge in [-0.05, 0) is 42.5 Å². The number of amides is 1. The van der Waals surface area contributed by atoms with E-state index in [1.54, 1.807) is 30.7 Å². The highest BCUT2D eigenvalue weighted by Gasteiger charge is 2.24. The highest BCUT2D eigenvalue weighted by Crippen LogP contribution is 2.24. The lowest BCUT2D eigenvalue weighted by atomic mass is 9.95. The van der Waals surface area contributed by atoms with Gasteiger partial charge in [0.25, 0.3) is 5.91 Å². The lowest BCUT2D eigenvalue weighted by Crippen LogP contribution is -2.42. The molecule has 0 aliphatic carbocycles. The van der Waals surface area contributed by atoms with Crippen molar-refractivity contribution in [2.45, 2.75) is 45.6 Å². The number of carbonyl (C=O) groups excluding carboxylic acids is 1. The van der Waals surface area contributed by atoms with Gasteiger partial charge in [0.05, 0.1) is 11.8 Å². The van der Waals surface area contributed by atoms with Crippen LogP contribution in [0.1, 0.15) is 50.8 Å². The smallest absolute Gasteiger partial charge is 0.252 e. The molecule has 0 radical (unpaired) electrons. The summed E-state index contributed by atoms with van der Waals surface area (Å²) >= 11 is 3.41. The molecule has 8 heteroatoms. The maximum atomic E-state index is 12.4. The molecule has 0 atom stereocenters. The molecule has 1 aromatic heterocycles. The third kappa shape index (κ3) is 3.97. The minimum atomic E-state index is -0.953. The highest BCUT2D eigenvalue weighted by atomic mass is 79.9. The Balaban J connectivity index is 2.46. The monoisotopic (exact) mass is 390 g/mol. The summed E-state index contributed by atoms with van der Waals surface area (Å²) in [6, 6.07) is 7.26. The van der Waals surface area contributed by atoms with Crippen LogP contribution in [0.2, 0.25) is 0 Å². The Kier molecular flexibility index (Phi) is 4.76. The number of carbonyl (C=O) groups is 1. The summed E-state index contributed by atoms with van der Waals surface area (Å²) in [6.07, 6.45) is 0. The van der Waals surface area contributed by atoms with Crippen LogP contribution in [0.15, 0.2) is 22.7 Å². The van der Waals surface area contributed by atoms with Gasteiger partial charge in [0.2, 0.25) is 0 Å². The molecule has 1 N–H and O–H groups in total. The SMILES string of the molecule is CC(C)(C#N)NC(=O)c1cc(Br)cc(-n2nnnc2C(C)(C)C)c1. The van der Waals surface area contributed by atoms with Crippen LogP contribution in [0, 0.1) is 11.3 Å². The third-order valence-electron chi connectivity index (χ3n) is 3.24. The maximum Gasteiger partial charge on any atom is 0.252 e. The Bertz CT molecular complexity index is 813. The molecule has 0 fully saturated rings. The molecule has 0 saturated carbocycles. The summed E-state index contributed by atoms with van der Waals surface area (Å²) in [5.41, 5.74) is -0.126. The van der Waals surface area contributed by atoms with Crippen LogP contribution in [-0.2, 0) is 5.41 Å². The number of aromatic nitrogens is 4. The van der Waals surface area contributed by atoms with Crippen LogP contribution in [0.4, 0.5) is 0 Å². The first-order valence-corrected chi connectivity index (χ1v) is 8.16. The van der Waals surface area contributed by atoms with E-state index in [4.69, 9.17) is 5.26 Å². The molecule has 2 aromatic rings. The van der Waals surface area contributed by atoms with Crippen molar-refractivity contribution >= 4 is 21.8 Å². The fourth-order valence-electron chi connectivity index (χ4n) is 2.04. The van der Waals surface area contributed by atoms with E-state index in [9.17, 15) is 4.79 Å². The second-order valence-electron chi connectivity index (χ2n) is 7.05. The Morgan fingerprint density at radius 2 is 1.92 bits per heavy atom. The summed E-state index contributed by atoms with van der Waals surface area (Å²) in [4.78, 5) is 12.4. The third-order valence-corrected chi connectivity index (χ3v) is 3.69.